The number of para-hydroxylation sites is 1. The van der Waals surface area contributed by atoms with Crippen molar-refractivity contribution in [3.8, 4) is 11.3 Å². The molecule has 1 amide bonds. The summed E-state index contributed by atoms with van der Waals surface area (Å²) in [6.45, 7) is 1.14. The molecule has 3 aromatic heterocycles. The average molecular weight is 410 g/mol. The molecule has 0 spiro atoms. The largest absolute Gasteiger partial charge is 0.379 e. The molecule has 0 unspecified atom stereocenters. The Morgan fingerprint density at radius 3 is 2.71 bits per heavy atom. The van der Waals surface area contributed by atoms with E-state index in [2.05, 4.69) is 15.3 Å². The van der Waals surface area contributed by atoms with Gasteiger partial charge >= 0.3 is 0 Å². The molecule has 1 N–H and O–H groups in total. The van der Waals surface area contributed by atoms with Gasteiger partial charge in [-0.3, -0.25) is 14.8 Å². The van der Waals surface area contributed by atoms with Gasteiger partial charge in [0.05, 0.1) is 36.0 Å². The van der Waals surface area contributed by atoms with Crippen LogP contribution in [0.3, 0.4) is 0 Å². The fraction of sp³-hybridized carbons (Fsp3) is 0.200. The van der Waals surface area contributed by atoms with Crippen LogP contribution in [-0.2, 0) is 11.2 Å². The van der Waals surface area contributed by atoms with Gasteiger partial charge in [-0.2, -0.15) is 0 Å². The van der Waals surface area contributed by atoms with Gasteiger partial charge in [0.15, 0.2) is 0 Å². The smallest absolute Gasteiger partial charge is 0.252 e. The van der Waals surface area contributed by atoms with Crippen LogP contribution in [0.5, 0.6) is 0 Å². The maximum Gasteiger partial charge on any atom is 0.252 e. The second-order valence-corrected chi connectivity index (χ2v) is 7.75. The molecule has 6 heteroatoms. The van der Waals surface area contributed by atoms with Crippen LogP contribution in [0, 0.1) is 5.92 Å². The van der Waals surface area contributed by atoms with Crippen molar-refractivity contribution in [1.29, 1.82) is 0 Å². The third kappa shape index (κ3) is 4.15. The molecule has 0 aliphatic carbocycles. The van der Waals surface area contributed by atoms with Crippen LogP contribution in [0.4, 0.5) is 0 Å². The summed E-state index contributed by atoms with van der Waals surface area (Å²) in [6.07, 6.45) is 7.91. The molecule has 5 rings (SSSR count). The molecule has 0 saturated carbocycles. The third-order valence-electron chi connectivity index (χ3n) is 5.68. The minimum atomic E-state index is -0.112. The lowest BCUT2D eigenvalue weighted by molar-refractivity contribution is 0.0926. The molecule has 1 saturated heterocycles. The Balaban J connectivity index is 1.44. The fourth-order valence-corrected chi connectivity index (χ4v) is 4.05. The summed E-state index contributed by atoms with van der Waals surface area (Å²) in [4.78, 5) is 26.4. The molecule has 1 aliphatic rings. The zero-order valence-electron chi connectivity index (χ0n) is 16.9. The molecule has 1 aromatic carbocycles. The molecular formula is C25H22N4O2. The number of fused-ring (bicyclic) bond motifs is 1. The molecule has 6 nitrogen and oxygen atoms in total. The van der Waals surface area contributed by atoms with Gasteiger partial charge in [-0.1, -0.05) is 18.2 Å². The van der Waals surface area contributed by atoms with Gasteiger partial charge in [-0.25, -0.2) is 4.98 Å². The molecule has 4 aromatic rings. The Kier molecular flexibility index (Phi) is 5.37. The second kappa shape index (κ2) is 8.62. The van der Waals surface area contributed by atoms with E-state index in [1.807, 2.05) is 54.6 Å². The van der Waals surface area contributed by atoms with Crippen LogP contribution in [-0.4, -0.2) is 40.1 Å². The van der Waals surface area contributed by atoms with Crippen molar-refractivity contribution < 1.29 is 9.53 Å². The third-order valence-corrected chi connectivity index (χ3v) is 5.68. The lowest BCUT2D eigenvalue weighted by Gasteiger charge is -2.20. The predicted molar refractivity (Wildman–Crippen MR) is 118 cm³/mol. The Morgan fingerprint density at radius 1 is 1.00 bits per heavy atom. The quantitative estimate of drug-likeness (QED) is 0.543. The van der Waals surface area contributed by atoms with E-state index in [9.17, 15) is 4.79 Å². The van der Waals surface area contributed by atoms with Gasteiger partial charge in [0.25, 0.3) is 5.91 Å². The van der Waals surface area contributed by atoms with Crippen molar-refractivity contribution in [2.24, 2.45) is 5.92 Å². The molecule has 31 heavy (non-hydrogen) atoms. The minimum Gasteiger partial charge on any atom is -0.379 e. The van der Waals surface area contributed by atoms with Gasteiger partial charge in [0, 0.05) is 41.7 Å². The highest BCUT2D eigenvalue weighted by Gasteiger charge is 2.30. The van der Waals surface area contributed by atoms with Crippen molar-refractivity contribution in [3.63, 3.8) is 0 Å². The molecule has 1 aliphatic heterocycles. The summed E-state index contributed by atoms with van der Waals surface area (Å²) in [6, 6.07) is 17.3. The number of benzene rings is 1. The normalized spacial score (nSPS) is 18.2. The molecular weight excluding hydrogens is 388 g/mol. The van der Waals surface area contributed by atoms with E-state index < -0.39 is 0 Å². The molecule has 1 fully saturated rings. The van der Waals surface area contributed by atoms with E-state index in [1.54, 1.807) is 24.8 Å². The number of nitrogens with one attached hydrogen (secondary N) is 1. The fourth-order valence-electron chi connectivity index (χ4n) is 4.05. The lowest BCUT2D eigenvalue weighted by Crippen LogP contribution is -2.40. The Labute approximate surface area is 180 Å². The summed E-state index contributed by atoms with van der Waals surface area (Å²) in [5, 5.41) is 4.04. The van der Waals surface area contributed by atoms with Crippen LogP contribution in [0.25, 0.3) is 22.2 Å². The summed E-state index contributed by atoms with van der Waals surface area (Å²) in [5.74, 6) is 0.108. The molecule has 0 bridgehead atoms. The number of rotatable bonds is 5. The van der Waals surface area contributed by atoms with Crippen molar-refractivity contribution in [2.45, 2.75) is 12.5 Å². The van der Waals surface area contributed by atoms with Crippen molar-refractivity contribution in [2.75, 3.05) is 13.2 Å². The summed E-state index contributed by atoms with van der Waals surface area (Å²) < 4.78 is 5.71. The summed E-state index contributed by atoms with van der Waals surface area (Å²) in [5.41, 5.74) is 4.19. The van der Waals surface area contributed by atoms with Crippen LogP contribution >= 0.6 is 0 Å². The van der Waals surface area contributed by atoms with Gasteiger partial charge in [-0.05, 0) is 48.4 Å². The Bertz CT molecular complexity index is 1200. The zero-order chi connectivity index (χ0) is 21.0. The highest BCUT2D eigenvalue weighted by Crippen LogP contribution is 2.25. The maximum absolute atomic E-state index is 13.4. The van der Waals surface area contributed by atoms with E-state index in [-0.39, 0.29) is 17.9 Å². The van der Waals surface area contributed by atoms with Crippen LogP contribution in [0.15, 0.2) is 79.4 Å². The number of hydrogen-bond acceptors (Lipinski definition) is 5. The highest BCUT2D eigenvalue weighted by molar-refractivity contribution is 6.07. The monoisotopic (exact) mass is 410 g/mol. The summed E-state index contributed by atoms with van der Waals surface area (Å²) >= 11 is 0. The first-order valence-corrected chi connectivity index (χ1v) is 10.4. The maximum atomic E-state index is 13.4. The number of carbonyl (C=O) groups is 1. The van der Waals surface area contributed by atoms with Crippen LogP contribution in [0.1, 0.15) is 15.9 Å². The summed E-state index contributed by atoms with van der Waals surface area (Å²) in [7, 11) is 0. The second-order valence-electron chi connectivity index (χ2n) is 7.75. The molecule has 4 heterocycles. The number of hydrogen-bond donors (Lipinski definition) is 1. The molecule has 0 radical (unpaired) electrons. The number of aromatic nitrogens is 3. The minimum absolute atomic E-state index is 0.0468. The number of ether oxygens (including phenoxy) is 1. The van der Waals surface area contributed by atoms with E-state index in [0.29, 0.717) is 18.8 Å². The van der Waals surface area contributed by atoms with Gasteiger partial charge < -0.3 is 10.1 Å². The number of amides is 1. The van der Waals surface area contributed by atoms with Crippen molar-refractivity contribution in [1.82, 2.24) is 20.3 Å². The number of nitrogens with zero attached hydrogens (tertiary/aromatic N) is 3. The van der Waals surface area contributed by atoms with E-state index in [0.717, 1.165) is 28.6 Å². The van der Waals surface area contributed by atoms with Gasteiger partial charge in [-0.15, -0.1) is 0 Å². The average Bonchev–Trinajstić information content (AvgIpc) is 3.25. The van der Waals surface area contributed by atoms with E-state index in [4.69, 9.17) is 9.72 Å². The highest BCUT2D eigenvalue weighted by atomic mass is 16.5. The lowest BCUT2D eigenvalue weighted by atomic mass is 9.95. The number of pyridine rings is 3. The standard InChI is InChI=1S/C25H22N4O2/c30-25(29-24-16-31-15-19(24)12-17-7-10-26-11-8-17)21-13-23(18-4-3-9-27-14-18)28-22-6-2-1-5-20(21)22/h1-11,13-14,19,24H,12,15-16H2,(H,29,30)/t19-,24-/m1/s1. The van der Waals surface area contributed by atoms with Crippen LogP contribution in [0.2, 0.25) is 0 Å². The Hall–Kier alpha value is -3.64. The Morgan fingerprint density at radius 2 is 1.87 bits per heavy atom. The van der Waals surface area contributed by atoms with E-state index in [1.165, 1.54) is 5.56 Å². The van der Waals surface area contributed by atoms with Crippen LogP contribution < -0.4 is 5.32 Å². The van der Waals surface area contributed by atoms with E-state index >= 15 is 0 Å². The molecule has 2 atom stereocenters. The SMILES string of the molecule is O=C(N[C@@H]1COC[C@H]1Cc1ccncc1)c1cc(-c2cccnc2)nc2ccccc12. The van der Waals surface area contributed by atoms with Crippen molar-refractivity contribution in [3.05, 3.63) is 90.5 Å². The first-order valence-electron chi connectivity index (χ1n) is 10.4. The first kappa shape index (κ1) is 19.3. The van der Waals surface area contributed by atoms with Gasteiger partial charge in [0.2, 0.25) is 0 Å². The predicted octanol–water partition coefficient (Wildman–Crippen LogP) is 3.68. The van der Waals surface area contributed by atoms with Crippen molar-refractivity contribution >= 4 is 16.8 Å². The molecule has 154 valence electrons. The topological polar surface area (TPSA) is 77.0 Å². The first-order chi connectivity index (χ1) is 15.3. The number of carbonyl (C=O) groups excluding carboxylic acids is 1. The van der Waals surface area contributed by atoms with Gasteiger partial charge in [0.1, 0.15) is 0 Å². The zero-order valence-corrected chi connectivity index (χ0v) is 16.9.